The second-order valence-electron chi connectivity index (χ2n) is 5.79. The highest BCUT2D eigenvalue weighted by molar-refractivity contribution is 8.00. The third-order valence-electron chi connectivity index (χ3n) is 3.83. The lowest BCUT2D eigenvalue weighted by Gasteiger charge is -2.10. The lowest BCUT2D eigenvalue weighted by atomic mass is 10.2. The number of hydrogen-bond donors (Lipinski definition) is 1. The summed E-state index contributed by atoms with van der Waals surface area (Å²) in [5.74, 6) is 0.0614. The zero-order chi connectivity index (χ0) is 18.8. The molecule has 0 bridgehead atoms. The van der Waals surface area contributed by atoms with Gasteiger partial charge in [0.1, 0.15) is 5.82 Å². The average Bonchev–Trinajstić information content (AvgIpc) is 3.10. The molecule has 0 aliphatic rings. The maximum atomic E-state index is 13.4. The van der Waals surface area contributed by atoms with E-state index in [9.17, 15) is 9.18 Å². The van der Waals surface area contributed by atoms with Gasteiger partial charge in [0.2, 0.25) is 5.91 Å². The highest BCUT2D eigenvalue weighted by Crippen LogP contribution is 2.27. The van der Waals surface area contributed by atoms with Gasteiger partial charge in [0.15, 0.2) is 16.1 Å². The van der Waals surface area contributed by atoms with Crippen molar-refractivity contribution in [1.82, 2.24) is 19.7 Å². The predicted octanol–water partition coefficient (Wildman–Crippen LogP) is 3.81. The maximum absolute atomic E-state index is 13.4. The molecule has 0 unspecified atom stereocenters. The molecule has 1 N–H and O–H groups in total. The quantitative estimate of drug-likeness (QED) is 0.670. The number of thiazole rings is 1. The van der Waals surface area contributed by atoms with Gasteiger partial charge in [-0.3, -0.25) is 4.79 Å². The molecule has 136 valence electrons. The summed E-state index contributed by atoms with van der Waals surface area (Å²) in [6.07, 6.45) is 0. The highest BCUT2D eigenvalue weighted by Gasteiger charge is 2.20. The summed E-state index contributed by atoms with van der Waals surface area (Å²) < 4.78 is 15.2. The number of halogens is 1. The molecule has 0 fully saturated rings. The molecule has 6 nitrogen and oxygen atoms in total. The fourth-order valence-corrected chi connectivity index (χ4v) is 3.87. The van der Waals surface area contributed by atoms with Gasteiger partial charge >= 0.3 is 0 Å². The number of carbonyl (C=O) groups excluding carboxylic acids is 1. The molecule has 1 amide bonds. The molecule has 0 saturated heterocycles. The van der Waals surface area contributed by atoms with E-state index in [1.807, 2.05) is 13.8 Å². The van der Waals surface area contributed by atoms with Gasteiger partial charge in [-0.05, 0) is 32.9 Å². The Balaban J connectivity index is 1.71. The number of anilines is 1. The summed E-state index contributed by atoms with van der Waals surface area (Å²) in [6.45, 7) is 5.67. The van der Waals surface area contributed by atoms with E-state index in [0.717, 1.165) is 10.6 Å². The van der Waals surface area contributed by atoms with Crippen molar-refractivity contribution in [2.75, 3.05) is 5.32 Å². The molecule has 3 aromatic rings. The van der Waals surface area contributed by atoms with Crippen LogP contribution in [0.3, 0.4) is 0 Å². The molecular weight excluding hydrogens is 373 g/mol. The van der Waals surface area contributed by atoms with E-state index in [2.05, 4.69) is 20.5 Å². The van der Waals surface area contributed by atoms with Crippen LogP contribution in [0.2, 0.25) is 0 Å². The number of aryl methyl sites for hydroxylation is 2. The van der Waals surface area contributed by atoms with E-state index in [1.165, 1.54) is 35.2 Å². The normalized spacial score (nSPS) is 12.2. The van der Waals surface area contributed by atoms with Crippen molar-refractivity contribution in [1.29, 1.82) is 0 Å². The van der Waals surface area contributed by atoms with Gasteiger partial charge in [0.25, 0.3) is 0 Å². The first kappa shape index (κ1) is 18.5. The first-order valence-electron chi connectivity index (χ1n) is 7.92. The number of amides is 1. The molecule has 0 radical (unpaired) electrons. The fraction of sp³-hybridized carbons (Fsp3) is 0.294. The lowest BCUT2D eigenvalue weighted by Crippen LogP contribution is -2.22. The summed E-state index contributed by atoms with van der Waals surface area (Å²) in [7, 11) is 1.79. The minimum atomic E-state index is -0.386. The summed E-state index contributed by atoms with van der Waals surface area (Å²) in [6, 6.07) is 6.18. The van der Waals surface area contributed by atoms with Crippen LogP contribution in [0.25, 0.3) is 11.4 Å². The van der Waals surface area contributed by atoms with Crippen LogP contribution < -0.4 is 5.32 Å². The molecule has 2 heterocycles. The van der Waals surface area contributed by atoms with E-state index >= 15 is 0 Å². The van der Waals surface area contributed by atoms with E-state index < -0.39 is 0 Å². The standard InChI is InChI=1S/C17H18FN5OS2/c1-9-10(2)25-16(19-9)20-15(24)11(3)26-17-22-21-14(23(17)4)12-6-5-7-13(18)8-12/h5-8,11H,1-4H3,(H,19,20,24)/t11-/m0/s1. The van der Waals surface area contributed by atoms with Crippen LogP contribution in [0, 0.1) is 19.7 Å². The number of thioether (sulfide) groups is 1. The van der Waals surface area contributed by atoms with Crippen LogP contribution >= 0.6 is 23.1 Å². The highest BCUT2D eigenvalue weighted by atomic mass is 32.2. The first-order valence-corrected chi connectivity index (χ1v) is 9.61. The Morgan fingerprint density at radius 2 is 2.12 bits per heavy atom. The maximum Gasteiger partial charge on any atom is 0.239 e. The summed E-state index contributed by atoms with van der Waals surface area (Å²) in [5, 5.41) is 11.9. The second-order valence-corrected chi connectivity index (χ2v) is 8.30. The Kier molecular flexibility index (Phi) is 5.38. The van der Waals surface area contributed by atoms with Gasteiger partial charge in [-0.25, -0.2) is 9.37 Å². The van der Waals surface area contributed by atoms with Crippen molar-refractivity contribution in [2.24, 2.45) is 7.05 Å². The van der Waals surface area contributed by atoms with Crippen LogP contribution in [-0.2, 0) is 11.8 Å². The number of hydrogen-bond acceptors (Lipinski definition) is 6. The number of nitrogens with one attached hydrogen (secondary N) is 1. The van der Waals surface area contributed by atoms with Gasteiger partial charge < -0.3 is 9.88 Å². The lowest BCUT2D eigenvalue weighted by molar-refractivity contribution is -0.115. The molecule has 0 spiro atoms. The first-order chi connectivity index (χ1) is 12.3. The van der Waals surface area contributed by atoms with Crippen LogP contribution in [0.5, 0.6) is 0 Å². The number of carbonyl (C=O) groups is 1. The smallest absolute Gasteiger partial charge is 0.239 e. The largest absolute Gasteiger partial charge is 0.305 e. The van der Waals surface area contributed by atoms with E-state index in [-0.39, 0.29) is 17.0 Å². The van der Waals surface area contributed by atoms with Crippen LogP contribution in [0.15, 0.2) is 29.4 Å². The van der Waals surface area contributed by atoms with Crippen LogP contribution in [0.1, 0.15) is 17.5 Å². The Labute approximate surface area is 158 Å². The van der Waals surface area contributed by atoms with Crippen molar-refractivity contribution < 1.29 is 9.18 Å². The molecule has 9 heteroatoms. The molecule has 1 aromatic carbocycles. The fourth-order valence-electron chi connectivity index (χ4n) is 2.24. The topological polar surface area (TPSA) is 72.7 Å². The van der Waals surface area contributed by atoms with Gasteiger partial charge in [-0.2, -0.15) is 0 Å². The molecule has 2 aromatic heterocycles. The van der Waals surface area contributed by atoms with Gasteiger partial charge in [-0.15, -0.1) is 21.5 Å². The Hall–Kier alpha value is -2.26. The molecule has 1 atom stereocenters. The van der Waals surface area contributed by atoms with Crippen molar-refractivity contribution in [3.63, 3.8) is 0 Å². The zero-order valence-electron chi connectivity index (χ0n) is 14.8. The molecule has 26 heavy (non-hydrogen) atoms. The molecule has 0 aliphatic heterocycles. The number of nitrogens with zero attached hydrogens (tertiary/aromatic N) is 4. The third kappa shape index (κ3) is 3.94. The zero-order valence-corrected chi connectivity index (χ0v) is 16.4. The predicted molar refractivity (Wildman–Crippen MR) is 102 cm³/mol. The second kappa shape index (κ2) is 7.55. The summed E-state index contributed by atoms with van der Waals surface area (Å²) in [4.78, 5) is 17.8. The van der Waals surface area contributed by atoms with E-state index in [0.29, 0.717) is 21.7 Å². The number of aromatic nitrogens is 4. The van der Waals surface area contributed by atoms with Gasteiger partial charge in [0.05, 0.1) is 10.9 Å². The van der Waals surface area contributed by atoms with Crippen molar-refractivity contribution in [3.05, 3.63) is 40.7 Å². The molecule has 0 saturated carbocycles. The number of benzene rings is 1. The molecule has 0 aliphatic carbocycles. The van der Waals surface area contributed by atoms with Crippen LogP contribution in [0.4, 0.5) is 9.52 Å². The Morgan fingerprint density at radius 1 is 1.35 bits per heavy atom. The van der Waals surface area contributed by atoms with Crippen LogP contribution in [-0.4, -0.2) is 30.9 Å². The SMILES string of the molecule is Cc1nc(NC(=O)[C@H](C)Sc2nnc(-c3cccc(F)c3)n2C)sc1C. The third-order valence-corrected chi connectivity index (χ3v) is 5.95. The van der Waals surface area contributed by atoms with E-state index in [1.54, 1.807) is 30.7 Å². The van der Waals surface area contributed by atoms with E-state index in [4.69, 9.17) is 0 Å². The molecular formula is C17H18FN5OS2. The minimum Gasteiger partial charge on any atom is -0.305 e. The Bertz CT molecular complexity index is 933. The van der Waals surface area contributed by atoms with Crippen molar-refractivity contribution >= 4 is 34.1 Å². The number of rotatable bonds is 5. The van der Waals surface area contributed by atoms with Crippen molar-refractivity contribution in [2.45, 2.75) is 31.2 Å². The summed E-state index contributed by atoms with van der Waals surface area (Å²) in [5.41, 5.74) is 1.55. The van der Waals surface area contributed by atoms with Crippen molar-refractivity contribution in [3.8, 4) is 11.4 Å². The monoisotopic (exact) mass is 391 g/mol. The Morgan fingerprint density at radius 3 is 2.77 bits per heavy atom. The average molecular weight is 391 g/mol. The minimum absolute atomic E-state index is 0.154. The van der Waals surface area contributed by atoms with Gasteiger partial charge in [0, 0.05) is 17.5 Å². The summed E-state index contributed by atoms with van der Waals surface area (Å²) >= 11 is 2.74. The molecule has 3 rings (SSSR count). The van der Waals surface area contributed by atoms with Gasteiger partial charge in [-0.1, -0.05) is 23.9 Å².